The van der Waals surface area contributed by atoms with Gasteiger partial charge in [0.1, 0.15) is 0 Å². The molecular formula is C7H12N4O4. The third-order valence-corrected chi connectivity index (χ3v) is 2.24. The van der Waals surface area contributed by atoms with E-state index < -0.39 is 35.0 Å². The van der Waals surface area contributed by atoms with Crippen LogP contribution in [0.5, 0.6) is 0 Å². The van der Waals surface area contributed by atoms with E-state index in [0.717, 1.165) is 6.92 Å². The van der Waals surface area contributed by atoms with Crippen LogP contribution in [0.2, 0.25) is 0 Å². The lowest BCUT2D eigenvalue weighted by Crippen LogP contribution is -2.61. The molecule has 15 heavy (non-hydrogen) atoms. The van der Waals surface area contributed by atoms with Crippen LogP contribution >= 0.6 is 0 Å². The van der Waals surface area contributed by atoms with Crippen LogP contribution in [0.3, 0.4) is 0 Å². The van der Waals surface area contributed by atoms with E-state index in [-0.39, 0.29) is 0 Å². The minimum Gasteiger partial charge on any atom is -0.369 e. The van der Waals surface area contributed by atoms with Gasteiger partial charge in [0.15, 0.2) is 0 Å². The van der Waals surface area contributed by atoms with Gasteiger partial charge in [-0.1, -0.05) is 6.92 Å². The summed E-state index contributed by atoms with van der Waals surface area (Å²) in [6.07, 6.45) is 0. The van der Waals surface area contributed by atoms with Crippen molar-refractivity contribution in [2.75, 3.05) is 0 Å². The molecule has 0 bridgehead atoms. The summed E-state index contributed by atoms with van der Waals surface area (Å²) in [7, 11) is 0. The first-order valence-corrected chi connectivity index (χ1v) is 3.88. The fourth-order valence-electron chi connectivity index (χ4n) is 1.22. The quantitative estimate of drug-likeness (QED) is 0.350. The fraction of sp³-hybridized carbons (Fsp3) is 0.429. The first kappa shape index (κ1) is 12.9. The molecule has 0 saturated heterocycles. The Morgan fingerprint density at radius 3 is 1.20 bits per heavy atom. The summed E-state index contributed by atoms with van der Waals surface area (Å²) in [4.78, 5) is 44.0. The van der Waals surface area contributed by atoms with E-state index >= 15 is 0 Å². The van der Waals surface area contributed by atoms with Gasteiger partial charge in [-0.15, -0.1) is 0 Å². The van der Waals surface area contributed by atoms with Gasteiger partial charge in [-0.05, 0) is 0 Å². The van der Waals surface area contributed by atoms with Crippen LogP contribution in [0.1, 0.15) is 6.92 Å². The van der Waals surface area contributed by atoms with Crippen LogP contribution in [0.15, 0.2) is 0 Å². The molecule has 1 unspecified atom stereocenters. The molecule has 0 saturated carbocycles. The van der Waals surface area contributed by atoms with Crippen molar-refractivity contribution >= 4 is 23.6 Å². The highest BCUT2D eigenvalue weighted by Crippen LogP contribution is 2.26. The smallest absolute Gasteiger partial charge is 0.243 e. The first-order valence-electron chi connectivity index (χ1n) is 3.88. The molecule has 8 heteroatoms. The van der Waals surface area contributed by atoms with E-state index in [0.29, 0.717) is 0 Å². The molecule has 0 heterocycles. The molecule has 0 aromatic heterocycles. The largest absolute Gasteiger partial charge is 0.369 e. The van der Waals surface area contributed by atoms with Crippen molar-refractivity contribution in [1.29, 1.82) is 0 Å². The molecule has 0 aliphatic heterocycles. The van der Waals surface area contributed by atoms with Crippen LogP contribution in [0.4, 0.5) is 0 Å². The molecule has 8 nitrogen and oxygen atoms in total. The second-order valence-corrected chi connectivity index (χ2v) is 3.02. The summed E-state index contributed by atoms with van der Waals surface area (Å²) in [5.74, 6) is -6.76. The van der Waals surface area contributed by atoms with Gasteiger partial charge in [-0.3, -0.25) is 19.2 Å². The first-order chi connectivity index (χ1) is 6.68. The second kappa shape index (κ2) is 3.95. The summed E-state index contributed by atoms with van der Waals surface area (Å²) in [6.45, 7) is 1.07. The molecule has 0 fully saturated rings. The molecule has 0 aromatic rings. The van der Waals surface area contributed by atoms with Crippen LogP contribution in [-0.2, 0) is 19.2 Å². The number of hydrogen-bond donors (Lipinski definition) is 4. The Hall–Kier alpha value is -2.12. The summed E-state index contributed by atoms with van der Waals surface area (Å²) in [5.41, 5.74) is 16.9. The standard InChI is InChI=1S/C7H12N4O4/c1-2(3(8)12)7(4(9)13,5(10)14)6(11)15/h2H,1H3,(H2,8,12)(H2,9,13)(H2,10,14)(H2,11,15). The number of carbonyl (C=O) groups excluding carboxylic acids is 4. The van der Waals surface area contributed by atoms with E-state index in [4.69, 9.17) is 22.9 Å². The minimum absolute atomic E-state index is 1.07. The van der Waals surface area contributed by atoms with E-state index in [1.165, 1.54) is 0 Å². The third kappa shape index (κ3) is 1.73. The van der Waals surface area contributed by atoms with E-state index in [2.05, 4.69) is 0 Å². The Labute approximate surface area is 84.9 Å². The number of carbonyl (C=O) groups is 4. The molecule has 4 amide bonds. The van der Waals surface area contributed by atoms with Crippen molar-refractivity contribution < 1.29 is 19.2 Å². The molecule has 84 valence electrons. The van der Waals surface area contributed by atoms with Crippen LogP contribution in [0.25, 0.3) is 0 Å². The number of primary amides is 4. The zero-order valence-electron chi connectivity index (χ0n) is 8.02. The summed E-state index contributed by atoms with van der Waals surface area (Å²) < 4.78 is 0. The van der Waals surface area contributed by atoms with Crippen LogP contribution in [0, 0.1) is 11.3 Å². The number of hydrogen-bond acceptors (Lipinski definition) is 4. The Morgan fingerprint density at radius 1 is 0.867 bits per heavy atom. The Bertz CT molecular complexity index is 302. The fourth-order valence-corrected chi connectivity index (χ4v) is 1.22. The second-order valence-electron chi connectivity index (χ2n) is 3.02. The molecular weight excluding hydrogens is 204 g/mol. The van der Waals surface area contributed by atoms with Gasteiger partial charge in [0.2, 0.25) is 29.0 Å². The Balaban J connectivity index is 5.75. The van der Waals surface area contributed by atoms with Gasteiger partial charge in [0, 0.05) is 0 Å². The highest BCUT2D eigenvalue weighted by Gasteiger charge is 2.55. The van der Waals surface area contributed by atoms with Crippen molar-refractivity contribution in [1.82, 2.24) is 0 Å². The SMILES string of the molecule is CC(C(N)=O)C(C(N)=O)(C(N)=O)C(N)=O. The molecule has 0 aliphatic carbocycles. The highest BCUT2D eigenvalue weighted by atomic mass is 16.2. The molecule has 0 radical (unpaired) electrons. The van der Waals surface area contributed by atoms with E-state index in [1.54, 1.807) is 0 Å². The van der Waals surface area contributed by atoms with E-state index in [9.17, 15) is 19.2 Å². The zero-order chi connectivity index (χ0) is 12.4. The van der Waals surface area contributed by atoms with E-state index in [1.807, 2.05) is 0 Å². The minimum atomic E-state index is -2.58. The van der Waals surface area contributed by atoms with Gasteiger partial charge in [-0.25, -0.2) is 0 Å². The lowest BCUT2D eigenvalue weighted by Gasteiger charge is -2.27. The third-order valence-electron chi connectivity index (χ3n) is 2.24. The predicted molar refractivity (Wildman–Crippen MR) is 48.4 cm³/mol. The maximum atomic E-state index is 11.1. The average molecular weight is 216 g/mol. The molecule has 0 aromatic carbocycles. The monoisotopic (exact) mass is 216 g/mol. The number of amides is 4. The number of nitrogens with two attached hydrogens (primary N) is 4. The van der Waals surface area contributed by atoms with Crippen molar-refractivity contribution in [2.45, 2.75) is 6.92 Å². The van der Waals surface area contributed by atoms with Gasteiger partial charge in [0.25, 0.3) is 0 Å². The molecule has 1 atom stereocenters. The van der Waals surface area contributed by atoms with Crippen molar-refractivity contribution in [2.24, 2.45) is 34.3 Å². The van der Waals surface area contributed by atoms with Crippen LogP contribution < -0.4 is 22.9 Å². The van der Waals surface area contributed by atoms with Gasteiger partial charge in [0.05, 0.1) is 5.92 Å². The Kier molecular flexibility index (Phi) is 3.39. The van der Waals surface area contributed by atoms with Crippen molar-refractivity contribution in [3.63, 3.8) is 0 Å². The maximum Gasteiger partial charge on any atom is 0.243 e. The average Bonchev–Trinajstić information content (AvgIpc) is 2.02. The maximum absolute atomic E-state index is 11.1. The lowest BCUT2D eigenvalue weighted by atomic mass is 9.73. The number of rotatable bonds is 5. The van der Waals surface area contributed by atoms with Crippen molar-refractivity contribution in [3.05, 3.63) is 0 Å². The summed E-state index contributed by atoms with van der Waals surface area (Å²) in [5, 5.41) is 0. The topological polar surface area (TPSA) is 172 Å². The molecule has 0 rings (SSSR count). The van der Waals surface area contributed by atoms with Gasteiger partial charge < -0.3 is 22.9 Å². The molecule has 0 spiro atoms. The lowest BCUT2D eigenvalue weighted by molar-refractivity contribution is -0.155. The van der Waals surface area contributed by atoms with Crippen LogP contribution in [-0.4, -0.2) is 23.6 Å². The molecule has 0 aliphatic rings. The molecule has 8 N–H and O–H groups in total. The summed E-state index contributed by atoms with van der Waals surface area (Å²) in [6, 6.07) is 0. The van der Waals surface area contributed by atoms with Crippen molar-refractivity contribution in [3.8, 4) is 0 Å². The van der Waals surface area contributed by atoms with Gasteiger partial charge >= 0.3 is 0 Å². The zero-order valence-corrected chi connectivity index (χ0v) is 8.02. The van der Waals surface area contributed by atoms with Gasteiger partial charge in [-0.2, -0.15) is 0 Å². The highest BCUT2D eigenvalue weighted by molar-refractivity contribution is 6.23. The Morgan fingerprint density at radius 2 is 1.13 bits per heavy atom. The summed E-state index contributed by atoms with van der Waals surface area (Å²) >= 11 is 0. The normalized spacial score (nSPS) is 12.9. The predicted octanol–water partition coefficient (Wildman–Crippen LogP) is -3.45.